The molecule has 2 heterocycles. The Balaban J connectivity index is 1.49. The van der Waals surface area contributed by atoms with Gasteiger partial charge in [0.1, 0.15) is 17.3 Å². The number of benzene rings is 1. The molecule has 7 heteroatoms. The number of nitrogens with one attached hydrogen (secondary N) is 1. The van der Waals surface area contributed by atoms with Crippen LogP contribution in [0, 0.1) is 0 Å². The van der Waals surface area contributed by atoms with Crippen molar-refractivity contribution in [2.45, 2.75) is 0 Å². The number of carbonyl (C=O) groups excluding carboxylic acids is 1. The van der Waals surface area contributed by atoms with Crippen LogP contribution in [0.4, 0.5) is 5.82 Å². The van der Waals surface area contributed by atoms with Gasteiger partial charge >= 0.3 is 0 Å². The number of ether oxygens (including phenoxy) is 2. The van der Waals surface area contributed by atoms with Crippen LogP contribution in [0.15, 0.2) is 71.5 Å². The lowest BCUT2D eigenvalue weighted by Gasteiger charge is -2.08. The minimum absolute atomic E-state index is 0.113. The van der Waals surface area contributed by atoms with Crippen LogP contribution in [-0.4, -0.2) is 22.5 Å². The quantitative estimate of drug-likeness (QED) is 0.676. The van der Waals surface area contributed by atoms with E-state index >= 15 is 0 Å². The first kappa shape index (κ1) is 16.9. The number of carbonyl (C=O) groups is 1. The molecule has 0 bridgehead atoms. The predicted octanol–water partition coefficient (Wildman–Crippen LogP) is 4.05. The van der Waals surface area contributed by atoms with E-state index in [9.17, 15) is 4.79 Å². The highest BCUT2D eigenvalue weighted by atomic mass is 79.9. The summed E-state index contributed by atoms with van der Waals surface area (Å²) in [6, 6.07) is 15.9. The average molecular weight is 400 g/mol. The van der Waals surface area contributed by atoms with Crippen molar-refractivity contribution in [1.29, 1.82) is 0 Å². The van der Waals surface area contributed by atoms with Crippen LogP contribution < -0.4 is 14.8 Å². The van der Waals surface area contributed by atoms with Crippen LogP contribution in [0.1, 0.15) is 0 Å². The Kier molecular flexibility index (Phi) is 5.58. The number of hydrogen-bond acceptors (Lipinski definition) is 5. The van der Waals surface area contributed by atoms with E-state index in [1.807, 2.05) is 12.1 Å². The monoisotopic (exact) mass is 399 g/mol. The van der Waals surface area contributed by atoms with Crippen molar-refractivity contribution in [2.75, 3.05) is 11.9 Å². The zero-order valence-electron chi connectivity index (χ0n) is 13.1. The molecule has 0 saturated carbocycles. The van der Waals surface area contributed by atoms with Gasteiger partial charge in [-0.1, -0.05) is 6.07 Å². The maximum Gasteiger partial charge on any atom is 0.263 e. The molecule has 0 aliphatic carbocycles. The average Bonchev–Trinajstić information content (AvgIpc) is 2.64. The lowest BCUT2D eigenvalue weighted by atomic mass is 10.3. The van der Waals surface area contributed by atoms with Crippen molar-refractivity contribution in [1.82, 2.24) is 9.97 Å². The Morgan fingerprint density at radius 1 is 1.00 bits per heavy atom. The highest BCUT2D eigenvalue weighted by Crippen LogP contribution is 2.22. The first-order valence-electron chi connectivity index (χ1n) is 7.42. The molecule has 6 nitrogen and oxygen atoms in total. The molecule has 0 aliphatic rings. The van der Waals surface area contributed by atoms with E-state index in [2.05, 4.69) is 31.2 Å². The molecule has 0 radical (unpaired) electrons. The maximum absolute atomic E-state index is 11.9. The van der Waals surface area contributed by atoms with Gasteiger partial charge in [0.15, 0.2) is 6.61 Å². The molecule has 0 saturated heterocycles. The van der Waals surface area contributed by atoms with Gasteiger partial charge in [-0.05, 0) is 58.4 Å². The third kappa shape index (κ3) is 5.29. The Labute approximate surface area is 153 Å². The van der Waals surface area contributed by atoms with Crippen LogP contribution in [-0.2, 0) is 4.79 Å². The van der Waals surface area contributed by atoms with E-state index in [0.29, 0.717) is 23.2 Å². The Hall–Kier alpha value is -2.93. The minimum atomic E-state index is -0.288. The summed E-state index contributed by atoms with van der Waals surface area (Å²) in [6.45, 7) is -0.113. The zero-order valence-corrected chi connectivity index (χ0v) is 14.6. The van der Waals surface area contributed by atoms with Crippen molar-refractivity contribution >= 4 is 27.7 Å². The van der Waals surface area contributed by atoms with Crippen LogP contribution in [0.5, 0.6) is 17.4 Å². The summed E-state index contributed by atoms with van der Waals surface area (Å²) in [4.78, 5) is 20.0. The van der Waals surface area contributed by atoms with E-state index in [0.717, 1.165) is 4.47 Å². The molecule has 25 heavy (non-hydrogen) atoms. The number of amides is 1. The Morgan fingerprint density at radius 3 is 2.48 bits per heavy atom. The number of pyridine rings is 2. The second-order valence-corrected chi connectivity index (χ2v) is 5.86. The van der Waals surface area contributed by atoms with Gasteiger partial charge in [-0.25, -0.2) is 9.97 Å². The topological polar surface area (TPSA) is 73.3 Å². The fourth-order valence-corrected chi connectivity index (χ4v) is 2.14. The molecule has 0 aliphatic heterocycles. The molecule has 0 unspecified atom stereocenters. The molecule has 1 N–H and O–H groups in total. The predicted molar refractivity (Wildman–Crippen MR) is 96.8 cm³/mol. The van der Waals surface area contributed by atoms with E-state index in [-0.39, 0.29) is 12.5 Å². The number of aromatic nitrogens is 2. The van der Waals surface area contributed by atoms with Gasteiger partial charge < -0.3 is 14.8 Å². The summed E-state index contributed by atoms with van der Waals surface area (Å²) < 4.78 is 11.9. The van der Waals surface area contributed by atoms with Crippen molar-refractivity contribution in [2.24, 2.45) is 0 Å². The smallest absolute Gasteiger partial charge is 0.263 e. The summed E-state index contributed by atoms with van der Waals surface area (Å²) in [5, 5.41) is 2.65. The largest absolute Gasteiger partial charge is 0.484 e. The molecule has 2 aromatic heterocycles. The van der Waals surface area contributed by atoms with Gasteiger partial charge in [0.05, 0.1) is 0 Å². The standard InChI is InChI=1S/C18H14BrN3O3/c19-13-4-9-16(21-11-13)22-17(23)12-24-14-5-7-15(8-6-14)25-18-3-1-2-10-20-18/h1-11H,12H2,(H,21,22,23). The number of rotatable bonds is 6. The van der Waals surface area contributed by atoms with E-state index in [4.69, 9.17) is 9.47 Å². The number of nitrogens with zero attached hydrogens (tertiary/aromatic N) is 2. The molecular weight excluding hydrogens is 386 g/mol. The van der Waals surface area contributed by atoms with Crippen molar-refractivity contribution in [3.05, 3.63) is 71.5 Å². The normalized spacial score (nSPS) is 10.1. The van der Waals surface area contributed by atoms with Crippen molar-refractivity contribution < 1.29 is 14.3 Å². The molecule has 126 valence electrons. The summed E-state index contributed by atoms with van der Waals surface area (Å²) in [5.74, 6) is 1.89. The first-order chi connectivity index (χ1) is 12.2. The lowest BCUT2D eigenvalue weighted by molar-refractivity contribution is -0.118. The number of hydrogen-bond donors (Lipinski definition) is 1. The molecule has 0 spiro atoms. The second kappa shape index (κ2) is 8.25. The van der Waals surface area contributed by atoms with Crippen molar-refractivity contribution in [3.63, 3.8) is 0 Å². The highest BCUT2D eigenvalue weighted by molar-refractivity contribution is 9.10. The van der Waals surface area contributed by atoms with Gasteiger partial charge in [-0.3, -0.25) is 4.79 Å². The van der Waals surface area contributed by atoms with E-state index in [1.165, 1.54) is 0 Å². The molecular formula is C18H14BrN3O3. The van der Waals surface area contributed by atoms with Gasteiger partial charge in [-0.15, -0.1) is 0 Å². The van der Waals surface area contributed by atoms with E-state index in [1.54, 1.807) is 54.9 Å². The van der Waals surface area contributed by atoms with Gasteiger partial charge in [0.25, 0.3) is 5.91 Å². The van der Waals surface area contributed by atoms with Crippen LogP contribution >= 0.6 is 15.9 Å². The maximum atomic E-state index is 11.9. The summed E-state index contributed by atoms with van der Waals surface area (Å²) in [5.41, 5.74) is 0. The summed E-state index contributed by atoms with van der Waals surface area (Å²) in [7, 11) is 0. The number of halogens is 1. The lowest BCUT2D eigenvalue weighted by Crippen LogP contribution is -2.20. The van der Waals surface area contributed by atoms with Gasteiger partial charge in [0, 0.05) is 22.9 Å². The summed E-state index contributed by atoms with van der Waals surface area (Å²) in [6.07, 6.45) is 3.27. The molecule has 0 atom stereocenters. The molecule has 3 aromatic rings. The third-order valence-corrected chi connectivity index (χ3v) is 3.52. The Morgan fingerprint density at radius 2 is 1.80 bits per heavy atom. The first-order valence-corrected chi connectivity index (χ1v) is 8.21. The highest BCUT2D eigenvalue weighted by Gasteiger charge is 2.05. The third-order valence-electron chi connectivity index (χ3n) is 3.05. The van der Waals surface area contributed by atoms with Crippen molar-refractivity contribution in [3.8, 4) is 17.4 Å². The SMILES string of the molecule is O=C(COc1ccc(Oc2ccccn2)cc1)Nc1ccc(Br)cn1. The molecule has 3 rings (SSSR count). The van der Waals surface area contributed by atoms with Gasteiger partial charge in [-0.2, -0.15) is 0 Å². The molecule has 1 aromatic carbocycles. The number of anilines is 1. The molecule has 0 fully saturated rings. The van der Waals surface area contributed by atoms with E-state index < -0.39 is 0 Å². The molecule has 1 amide bonds. The fraction of sp³-hybridized carbons (Fsp3) is 0.0556. The van der Waals surface area contributed by atoms with Gasteiger partial charge in [0.2, 0.25) is 5.88 Å². The Bertz CT molecular complexity index is 824. The van der Waals surface area contributed by atoms with Crippen LogP contribution in [0.2, 0.25) is 0 Å². The fourth-order valence-electron chi connectivity index (χ4n) is 1.91. The zero-order chi connectivity index (χ0) is 17.5. The van der Waals surface area contributed by atoms with Crippen LogP contribution in [0.25, 0.3) is 0 Å². The summed E-state index contributed by atoms with van der Waals surface area (Å²) >= 11 is 3.29. The minimum Gasteiger partial charge on any atom is -0.484 e. The van der Waals surface area contributed by atoms with Crippen LogP contribution in [0.3, 0.4) is 0 Å². The second-order valence-electron chi connectivity index (χ2n) is 4.94.